The molecule has 116 valence electrons. The molecule has 1 heterocycles. The number of likely N-dealkylation sites (tertiary alicyclic amines) is 1. The fourth-order valence-electron chi connectivity index (χ4n) is 3.62. The highest BCUT2D eigenvalue weighted by Gasteiger charge is 2.35. The third-order valence-corrected chi connectivity index (χ3v) is 5.66. The topological polar surface area (TPSA) is 20.3 Å². The molecule has 1 fully saturated rings. The summed E-state index contributed by atoms with van der Waals surface area (Å²) in [6.45, 7) is 9.79. The summed E-state index contributed by atoms with van der Waals surface area (Å²) in [6, 6.07) is 10.2. The maximum Gasteiger partial charge on any atom is 0.131 e. The fraction of sp³-hybridized carbons (Fsp3) is 0.632. The Balaban J connectivity index is 2.03. The highest BCUT2D eigenvalue weighted by atomic mass is 16.1. The molecule has 2 heteroatoms. The Morgan fingerprint density at radius 1 is 1.14 bits per heavy atom. The summed E-state index contributed by atoms with van der Waals surface area (Å²) in [7, 11) is 0. The Labute approximate surface area is 129 Å². The molecule has 0 N–H and O–H groups in total. The second-order valence-corrected chi connectivity index (χ2v) is 6.88. The van der Waals surface area contributed by atoms with Crippen molar-refractivity contribution in [2.45, 2.75) is 51.9 Å². The standard InChI is InChI=1S/C19H29NO/c1-4-19(5-2)11-13-20(14-12-19)15-18(3,16-21)17-9-7-6-8-10-17/h6-10,16H,4-5,11-15H2,1-3H3. The zero-order valence-corrected chi connectivity index (χ0v) is 13.8. The van der Waals surface area contributed by atoms with E-state index >= 15 is 0 Å². The summed E-state index contributed by atoms with van der Waals surface area (Å²) in [6.07, 6.45) is 6.22. The van der Waals surface area contributed by atoms with E-state index in [4.69, 9.17) is 0 Å². The first-order valence-electron chi connectivity index (χ1n) is 8.32. The third-order valence-electron chi connectivity index (χ3n) is 5.66. The quantitative estimate of drug-likeness (QED) is 0.736. The van der Waals surface area contributed by atoms with Gasteiger partial charge in [0.1, 0.15) is 6.29 Å². The predicted molar refractivity (Wildman–Crippen MR) is 88.5 cm³/mol. The van der Waals surface area contributed by atoms with Crippen molar-refractivity contribution in [3.63, 3.8) is 0 Å². The molecule has 1 aromatic carbocycles. The van der Waals surface area contributed by atoms with Crippen molar-refractivity contribution in [2.24, 2.45) is 5.41 Å². The number of benzene rings is 1. The number of carbonyl (C=O) groups excluding carboxylic acids is 1. The number of nitrogens with zero attached hydrogens (tertiary/aromatic N) is 1. The van der Waals surface area contributed by atoms with Crippen molar-refractivity contribution in [3.8, 4) is 0 Å². The third kappa shape index (κ3) is 3.55. The summed E-state index contributed by atoms with van der Waals surface area (Å²) in [5.41, 5.74) is 1.28. The molecule has 1 aliphatic rings. The van der Waals surface area contributed by atoms with Gasteiger partial charge in [0.05, 0.1) is 5.41 Å². The molecule has 0 amide bonds. The van der Waals surface area contributed by atoms with Gasteiger partial charge in [-0.2, -0.15) is 0 Å². The molecule has 0 radical (unpaired) electrons. The van der Waals surface area contributed by atoms with Crippen molar-refractivity contribution in [2.75, 3.05) is 19.6 Å². The van der Waals surface area contributed by atoms with E-state index < -0.39 is 0 Å². The number of hydrogen-bond donors (Lipinski definition) is 0. The summed E-state index contributed by atoms with van der Waals surface area (Å²) in [5, 5.41) is 0. The largest absolute Gasteiger partial charge is 0.302 e. The summed E-state index contributed by atoms with van der Waals surface area (Å²) in [4.78, 5) is 14.2. The molecule has 0 saturated carbocycles. The first-order valence-corrected chi connectivity index (χ1v) is 8.32. The van der Waals surface area contributed by atoms with Crippen LogP contribution in [0.25, 0.3) is 0 Å². The highest BCUT2D eigenvalue weighted by molar-refractivity contribution is 5.68. The van der Waals surface area contributed by atoms with Gasteiger partial charge < -0.3 is 9.69 Å². The van der Waals surface area contributed by atoms with E-state index in [0.29, 0.717) is 5.41 Å². The molecule has 2 rings (SSSR count). The van der Waals surface area contributed by atoms with E-state index in [2.05, 4.69) is 37.8 Å². The Kier molecular flexibility index (Phi) is 5.21. The maximum absolute atomic E-state index is 11.7. The lowest BCUT2D eigenvalue weighted by Gasteiger charge is -2.43. The zero-order valence-electron chi connectivity index (χ0n) is 13.8. The second-order valence-electron chi connectivity index (χ2n) is 6.88. The number of rotatable bonds is 6. The number of carbonyl (C=O) groups is 1. The van der Waals surface area contributed by atoms with Crippen LogP contribution in [0.3, 0.4) is 0 Å². The molecule has 1 unspecified atom stereocenters. The minimum absolute atomic E-state index is 0.389. The first-order chi connectivity index (χ1) is 10.1. The molecular weight excluding hydrogens is 258 g/mol. The van der Waals surface area contributed by atoms with E-state index in [1.165, 1.54) is 25.7 Å². The molecule has 1 saturated heterocycles. The van der Waals surface area contributed by atoms with Crippen LogP contribution in [0.2, 0.25) is 0 Å². The van der Waals surface area contributed by atoms with Crippen molar-refractivity contribution >= 4 is 6.29 Å². The zero-order chi connectivity index (χ0) is 15.3. The van der Waals surface area contributed by atoms with Crippen LogP contribution < -0.4 is 0 Å². The number of aldehydes is 1. The lowest BCUT2D eigenvalue weighted by atomic mass is 9.73. The van der Waals surface area contributed by atoms with Crippen LogP contribution in [0.1, 0.15) is 52.0 Å². The van der Waals surface area contributed by atoms with Crippen LogP contribution in [0.5, 0.6) is 0 Å². The molecule has 1 aliphatic heterocycles. The smallest absolute Gasteiger partial charge is 0.131 e. The van der Waals surface area contributed by atoms with Gasteiger partial charge in [0.2, 0.25) is 0 Å². The maximum atomic E-state index is 11.7. The van der Waals surface area contributed by atoms with Crippen LogP contribution >= 0.6 is 0 Å². The van der Waals surface area contributed by atoms with Crippen LogP contribution in [0.15, 0.2) is 30.3 Å². The molecule has 2 nitrogen and oxygen atoms in total. The van der Waals surface area contributed by atoms with Gasteiger partial charge in [0.15, 0.2) is 0 Å². The van der Waals surface area contributed by atoms with Gasteiger partial charge in [-0.3, -0.25) is 0 Å². The van der Waals surface area contributed by atoms with Gasteiger partial charge in [0.25, 0.3) is 0 Å². The van der Waals surface area contributed by atoms with Crippen LogP contribution in [0.4, 0.5) is 0 Å². The van der Waals surface area contributed by atoms with Gasteiger partial charge in [-0.25, -0.2) is 0 Å². The second kappa shape index (κ2) is 6.74. The SMILES string of the molecule is CCC1(CC)CCN(CC(C)(C=O)c2ccccc2)CC1. The number of hydrogen-bond acceptors (Lipinski definition) is 2. The van der Waals surface area contributed by atoms with Crippen LogP contribution in [0, 0.1) is 5.41 Å². The Hall–Kier alpha value is -1.15. The summed E-state index contributed by atoms with van der Waals surface area (Å²) >= 11 is 0. The van der Waals surface area contributed by atoms with Crippen molar-refractivity contribution in [1.29, 1.82) is 0 Å². The van der Waals surface area contributed by atoms with Gasteiger partial charge in [-0.1, -0.05) is 57.0 Å². The van der Waals surface area contributed by atoms with Crippen molar-refractivity contribution in [3.05, 3.63) is 35.9 Å². The minimum atomic E-state index is -0.389. The Morgan fingerprint density at radius 3 is 2.19 bits per heavy atom. The van der Waals surface area contributed by atoms with Crippen molar-refractivity contribution < 1.29 is 4.79 Å². The van der Waals surface area contributed by atoms with E-state index in [1.807, 2.05) is 18.2 Å². The lowest BCUT2D eigenvalue weighted by Crippen LogP contribution is -2.46. The normalized spacial score (nSPS) is 21.7. The van der Waals surface area contributed by atoms with E-state index in [9.17, 15) is 4.79 Å². The first kappa shape index (κ1) is 16.2. The van der Waals surface area contributed by atoms with E-state index in [0.717, 1.165) is 31.5 Å². The van der Waals surface area contributed by atoms with Crippen LogP contribution in [-0.2, 0) is 10.2 Å². The molecular formula is C19H29NO. The lowest BCUT2D eigenvalue weighted by molar-refractivity contribution is -0.113. The van der Waals surface area contributed by atoms with Gasteiger partial charge in [-0.15, -0.1) is 0 Å². The average molecular weight is 287 g/mol. The summed E-state index contributed by atoms with van der Waals surface area (Å²) < 4.78 is 0. The molecule has 1 aromatic rings. The Bertz CT molecular complexity index is 442. The van der Waals surface area contributed by atoms with Crippen LogP contribution in [-0.4, -0.2) is 30.8 Å². The van der Waals surface area contributed by atoms with Gasteiger partial charge in [-0.05, 0) is 43.8 Å². The fourth-order valence-corrected chi connectivity index (χ4v) is 3.62. The van der Waals surface area contributed by atoms with E-state index in [1.54, 1.807) is 0 Å². The highest BCUT2D eigenvalue weighted by Crippen LogP contribution is 2.38. The predicted octanol–water partition coefficient (Wildman–Crippen LogP) is 4.05. The van der Waals surface area contributed by atoms with Gasteiger partial charge >= 0.3 is 0 Å². The minimum Gasteiger partial charge on any atom is -0.302 e. The molecule has 0 aromatic heterocycles. The van der Waals surface area contributed by atoms with Gasteiger partial charge in [0, 0.05) is 6.54 Å². The van der Waals surface area contributed by atoms with Crippen molar-refractivity contribution in [1.82, 2.24) is 4.90 Å². The molecule has 1 atom stereocenters. The molecule has 21 heavy (non-hydrogen) atoms. The molecule has 0 aliphatic carbocycles. The monoisotopic (exact) mass is 287 g/mol. The molecule has 0 spiro atoms. The summed E-state index contributed by atoms with van der Waals surface area (Å²) in [5.74, 6) is 0. The molecule has 0 bridgehead atoms. The van der Waals surface area contributed by atoms with E-state index in [-0.39, 0.29) is 5.41 Å². The number of piperidine rings is 1. The average Bonchev–Trinajstić information content (AvgIpc) is 2.56. The Morgan fingerprint density at radius 2 is 1.71 bits per heavy atom.